The summed E-state index contributed by atoms with van der Waals surface area (Å²) in [6.45, 7) is 0. The molecule has 0 amide bonds. The normalized spacial score (nSPS) is 11.9. The first kappa shape index (κ1) is 34.5. The van der Waals surface area contributed by atoms with Crippen molar-refractivity contribution in [3.8, 4) is 45.5 Å². The third kappa shape index (κ3) is 5.25. The Balaban J connectivity index is 1.12. The quantitative estimate of drug-likeness (QED) is 0.174. The molecule has 0 N–H and O–H groups in total. The van der Waals surface area contributed by atoms with Gasteiger partial charge in [-0.3, -0.25) is 0 Å². The first-order chi connectivity index (χ1) is 30.7. The molecule has 0 saturated carbocycles. The molecule has 5 nitrogen and oxygen atoms in total. The Labute approximate surface area is 356 Å². The first-order valence-corrected chi connectivity index (χ1v) is 21.0. The molecular weight excluding hydrogens is 755 g/mol. The summed E-state index contributed by atoms with van der Waals surface area (Å²) in [5, 5.41) is 11.7. The van der Waals surface area contributed by atoms with Crippen molar-refractivity contribution in [3.63, 3.8) is 0 Å². The van der Waals surface area contributed by atoms with E-state index in [1.807, 2.05) is 18.2 Å². The van der Waals surface area contributed by atoms with Crippen LogP contribution in [0.5, 0.6) is 0 Å². The van der Waals surface area contributed by atoms with Gasteiger partial charge in [-0.2, -0.15) is 0 Å². The lowest BCUT2D eigenvalue weighted by Gasteiger charge is -2.15. The van der Waals surface area contributed by atoms with Gasteiger partial charge in [0.15, 0.2) is 17.5 Å². The summed E-state index contributed by atoms with van der Waals surface area (Å²) in [6.07, 6.45) is 0. The van der Waals surface area contributed by atoms with Gasteiger partial charge >= 0.3 is 0 Å². The fourth-order valence-corrected chi connectivity index (χ4v) is 9.72. The summed E-state index contributed by atoms with van der Waals surface area (Å²) in [5.74, 6) is 1.90. The zero-order valence-corrected chi connectivity index (χ0v) is 33.4. The van der Waals surface area contributed by atoms with Crippen LogP contribution in [0.15, 0.2) is 212 Å². The molecule has 62 heavy (non-hydrogen) atoms. The van der Waals surface area contributed by atoms with E-state index < -0.39 is 0 Å². The summed E-state index contributed by atoms with van der Waals surface area (Å²) >= 11 is 0. The lowest BCUT2D eigenvalue weighted by molar-refractivity contribution is 1.08. The van der Waals surface area contributed by atoms with Crippen molar-refractivity contribution in [2.45, 2.75) is 0 Å². The van der Waals surface area contributed by atoms with Gasteiger partial charge < -0.3 is 9.13 Å². The van der Waals surface area contributed by atoms with Gasteiger partial charge in [0.1, 0.15) is 0 Å². The molecule has 0 unspecified atom stereocenters. The SMILES string of the molecule is c1ccc(-c2nc(-c3cccc4ccccc34)nc(-c3cc(-n4c5ccccc5c5cc6c7ccc8ccccc8c7n(-c7ccccc7)c6cc54)cc4ccccc34)n2)cc1. The van der Waals surface area contributed by atoms with E-state index >= 15 is 0 Å². The summed E-state index contributed by atoms with van der Waals surface area (Å²) in [6, 6.07) is 75.7. The lowest BCUT2D eigenvalue weighted by Crippen LogP contribution is -2.02. The van der Waals surface area contributed by atoms with Crippen LogP contribution in [-0.4, -0.2) is 24.1 Å². The van der Waals surface area contributed by atoms with Crippen LogP contribution in [0.3, 0.4) is 0 Å². The average Bonchev–Trinajstić information content (AvgIpc) is 3.85. The molecule has 5 heteroatoms. The van der Waals surface area contributed by atoms with Gasteiger partial charge in [0.2, 0.25) is 0 Å². The topological polar surface area (TPSA) is 48.5 Å². The molecule has 0 fully saturated rings. The van der Waals surface area contributed by atoms with Crippen molar-refractivity contribution in [2.24, 2.45) is 0 Å². The Morgan fingerprint density at radius 3 is 1.63 bits per heavy atom. The minimum Gasteiger partial charge on any atom is -0.309 e. The molecule has 0 aliphatic carbocycles. The molecule has 0 atom stereocenters. The second-order valence-electron chi connectivity index (χ2n) is 16.0. The molecule has 0 spiro atoms. The van der Waals surface area contributed by atoms with Gasteiger partial charge in [-0.05, 0) is 69.4 Å². The number of nitrogens with zero attached hydrogens (tertiary/aromatic N) is 5. The fourth-order valence-electron chi connectivity index (χ4n) is 9.72. The second kappa shape index (κ2) is 13.6. The Morgan fingerprint density at radius 1 is 0.274 bits per heavy atom. The molecule has 0 radical (unpaired) electrons. The lowest BCUT2D eigenvalue weighted by atomic mass is 10.0. The maximum atomic E-state index is 5.35. The molecule has 288 valence electrons. The van der Waals surface area contributed by atoms with Gasteiger partial charge in [0.05, 0.1) is 22.1 Å². The molecule has 0 aliphatic rings. The van der Waals surface area contributed by atoms with Gasteiger partial charge in [-0.15, -0.1) is 0 Å². The molecule has 0 bridgehead atoms. The summed E-state index contributed by atoms with van der Waals surface area (Å²) in [4.78, 5) is 15.8. The van der Waals surface area contributed by atoms with Crippen molar-refractivity contribution in [1.82, 2.24) is 24.1 Å². The van der Waals surface area contributed by atoms with Gasteiger partial charge in [0.25, 0.3) is 0 Å². The summed E-state index contributed by atoms with van der Waals surface area (Å²) in [7, 11) is 0. The average molecular weight is 790 g/mol. The van der Waals surface area contributed by atoms with Crippen LogP contribution in [0.2, 0.25) is 0 Å². The zero-order chi connectivity index (χ0) is 40.7. The zero-order valence-electron chi connectivity index (χ0n) is 33.4. The number of aromatic nitrogens is 5. The van der Waals surface area contributed by atoms with E-state index in [0.717, 1.165) is 66.2 Å². The van der Waals surface area contributed by atoms with Gasteiger partial charge in [0, 0.05) is 55.0 Å². The Morgan fingerprint density at radius 2 is 0.839 bits per heavy atom. The third-order valence-electron chi connectivity index (χ3n) is 12.5. The molecule has 3 heterocycles. The van der Waals surface area contributed by atoms with Gasteiger partial charge in [-0.25, -0.2) is 15.0 Å². The molecular formula is C57H35N5. The van der Waals surface area contributed by atoms with Crippen molar-refractivity contribution >= 4 is 75.9 Å². The Hall–Kier alpha value is -8.41. The van der Waals surface area contributed by atoms with E-state index in [1.165, 1.54) is 37.8 Å². The standard InChI is InChI=1S/C57H35N5/c1-3-18-38(19-4-1)55-58-56(47-28-15-21-36-16-7-10-24-42(36)47)60-57(59-55)50-33-41(32-39-20-9-11-25-43(39)50)61-51-29-14-13-27-45(51)48-34-49-46-31-30-37-17-8-12-26-44(37)54(46)62(53(49)35-52(48)61)40-22-5-2-6-23-40/h1-35H. The number of fused-ring (bicyclic) bond motifs is 10. The number of rotatable bonds is 5. The highest BCUT2D eigenvalue weighted by Gasteiger charge is 2.22. The van der Waals surface area contributed by atoms with Crippen LogP contribution in [0.25, 0.3) is 121 Å². The van der Waals surface area contributed by atoms with Crippen LogP contribution in [0.1, 0.15) is 0 Å². The van der Waals surface area contributed by atoms with E-state index in [1.54, 1.807) is 0 Å². The third-order valence-corrected chi connectivity index (χ3v) is 12.5. The molecule has 0 aliphatic heterocycles. The van der Waals surface area contributed by atoms with E-state index in [9.17, 15) is 0 Å². The molecule has 13 aromatic rings. The molecule has 3 aromatic heterocycles. The first-order valence-electron chi connectivity index (χ1n) is 21.0. The minimum absolute atomic E-state index is 0.624. The Bertz CT molecular complexity index is 3910. The minimum atomic E-state index is 0.624. The van der Waals surface area contributed by atoms with E-state index in [-0.39, 0.29) is 0 Å². The Kier molecular flexibility index (Phi) is 7.54. The van der Waals surface area contributed by atoms with Crippen molar-refractivity contribution in [2.75, 3.05) is 0 Å². The van der Waals surface area contributed by atoms with Crippen LogP contribution in [0, 0.1) is 0 Å². The number of benzene rings is 10. The molecule has 0 saturated heterocycles. The number of hydrogen-bond acceptors (Lipinski definition) is 3. The highest BCUT2D eigenvalue weighted by molar-refractivity contribution is 6.23. The van der Waals surface area contributed by atoms with Crippen LogP contribution < -0.4 is 0 Å². The largest absolute Gasteiger partial charge is 0.309 e. The van der Waals surface area contributed by atoms with Gasteiger partial charge in [-0.1, -0.05) is 170 Å². The fraction of sp³-hybridized carbons (Fsp3) is 0. The van der Waals surface area contributed by atoms with Crippen molar-refractivity contribution < 1.29 is 0 Å². The summed E-state index contributed by atoms with van der Waals surface area (Å²) in [5.41, 5.74) is 9.64. The van der Waals surface area contributed by atoms with Crippen LogP contribution >= 0.6 is 0 Å². The monoisotopic (exact) mass is 789 g/mol. The van der Waals surface area contributed by atoms with E-state index in [2.05, 4.69) is 203 Å². The van der Waals surface area contributed by atoms with E-state index in [4.69, 9.17) is 15.0 Å². The van der Waals surface area contributed by atoms with Crippen molar-refractivity contribution in [1.29, 1.82) is 0 Å². The maximum Gasteiger partial charge on any atom is 0.164 e. The number of para-hydroxylation sites is 2. The molecule has 10 aromatic carbocycles. The highest BCUT2D eigenvalue weighted by Crippen LogP contribution is 2.43. The predicted molar refractivity (Wildman–Crippen MR) is 257 cm³/mol. The van der Waals surface area contributed by atoms with Crippen LogP contribution in [0.4, 0.5) is 0 Å². The number of hydrogen-bond donors (Lipinski definition) is 0. The highest BCUT2D eigenvalue weighted by atomic mass is 15.0. The second-order valence-corrected chi connectivity index (χ2v) is 16.0. The smallest absolute Gasteiger partial charge is 0.164 e. The van der Waals surface area contributed by atoms with Crippen molar-refractivity contribution in [3.05, 3.63) is 212 Å². The van der Waals surface area contributed by atoms with E-state index in [0.29, 0.717) is 17.5 Å². The maximum absolute atomic E-state index is 5.35. The molecule has 13 rings (SSSR count). The van der Waals surface area contributed by atoms with Crippen LogP contribution in [-0.2, 0) is 0 Å². The summed E-state index contributed by atoms with van der Waals surface area (Å²) < 4.78 is 4.88. The predicted octanol–water partition coefficient (Wildman–Crippen LogP) is 14.5.